The summed E-state index contributed by atoms with van der Waals surface area (Å²) < 4.78 is 0. The number of amides is 1. The Bertz CT molecular complexity index is 434. The van der Waals surface area contributed by atoms with E-state index < -0.39 is 6.10 Å². The summed E-state index contributed by atoms with van der Waals surface area (Å²) in [5, 5.41) is 9.99. The van der Waals surface area contributed by atoms with Crippen LogP contribution in [0.4, 0.5) is 0 Å². The molecule has 1 aromatic heterocycles. The van der Waals surface area contributed by atoms with Gasteiger partial charge in [-0.05, 0) is 31.9 Å². The van der Waals surface area contributed by atoms with Gasteiger partial charge in [-0.25, -0.2) is 0 Å². The summed E-state index contributed by atoms with van der Waals surface area (Å²) in [6.45, 7) is 1.83. The van der Waals surface area contributed by atoms with Crippen LogP contribution in [0.15, 0.2) is 18.3 Å². The van der Waals surface area contributed by atoms with E-state index in [1.807, 2.05) is 6.92 Å². The molecule has 2 unspecified atom stereocenters. The number of likely N-dealkylation sites (N-methyl/N-ethyl adjacent to an activating group) is 1. The largest absolute Gasteiger partial charge is 0.391 e. The predicted molar refractivity (Wildman–Crippen MR) is 69.3 cm³/mol. The summed E-state index contributed by atoms with van der Waals surface area (Å²) in [6.07, 6.45) is 5.07. The number of nitrogens with zero attached hydrogens (tertiary/aromatic N) is 2. The lowest BCUT2D eigenvalue weighted by molar-refractivity contribution is 0.0267. The topological polar surface area (TPSA) is 53.4 Å². The standard InChI is InChI=1S/C14H20N2O2/c1-10-11(6-5-9-15-10)14(18)16(2)12-7-3-4-8-13(12)17/h5-6,9,12-13,17H,3-4,7-8H2,1-2H3. The molecule has 98 valence electrons. The second-order valence-electron chi connectivity index (χ2n) is 4.97. The van der Waals surface area contributed by atoms with Gasteiger partial charge < -0.3 is 10.0 Å². The van der Waals surface area contributed by atoms with Gasteiger partial charge in [0, 0.05) is 18.9 Å². The van der Waals surface area contributed by atoms with Crippen molar-refractivity contribution < 1.29 is 9.90 Å². The molecule has 1 amide bonds. The van der Waals surface area contributed by atoms with Gasteiger partial charge in [0.25, 0.3) is 5.91 Å². The number of aryl methyl sites for hydroxylation is 1. The van der Waals surface area contributed by atoms with E-state index in [2.05, 4.69) is 4.98 Å². The van der Waals surface area contributed by atoms with Gasteiger partial charge >= 0.3 is 0 Å². The maximum absolute atomic E-state index is 12.4. The van der Waals surface area contributed by atoms with E-state index in [0.29, 0.717) is 5.56 Å². The van der Waals surface area contributed by atoms with Crippen molar-refractivity contribution in [3.05, 3.63) is 29.6 Å². The van der Waals surface area contributed by atoms with Crippen molar-refractivity contribution in [3.63, 3.8) is 0 Å². The van der Waals surface area contributed by atoms with Crippen LogP contribution in [0, 0.1) is 6.92 Å². The maximum Gasteiger partial charge on any atom is 0.255 e. The van der Waals surface area contributed by atoms with E-state index in [4.69, 9.17) is 0 Å². The Balaban J connectivity index is 2.16. The predicted octanol–water partition coefficient (Wildman–Crippen LogP) is 1.77. The van der Waals surface area contributed by atoms with Crippen LogP contribution in [0.25, 0.3) is 0 Å². The number of carbonyl (C=O) groups excluding carboxylic acids is 1. The normalized spacial score (nSPS) is 23.7. The summed E-state index contributed by atoms with van der Waals surface area (Å²) in [7, 11) is 1.77. The summed E-state index contributed by atoms with van der Waals surface area (Å²) >= 11 is 0. The average molecular weight is 248 g/mol. The minimum Gasteiger partial charge on any atom is -0.391 e. The lowest BCUT2D eigenvalue weighted by Gasteiger charge is -2.35. The van der Waals surface area contributed by atoms with Crippen molar-refractivity contribution in [1.29, 1.82) is 0 Å². The third-order valence-corrected chi connectivity index (χ3v) is 3.75. The van der Waals surface area contributed by atoms with Gasteiger partial charge in [-0.15, -0.1) is 0 Å². The van der Waals surface area contributed by atoms with E-state index in [1.54, 1.807) is 30.3 Å². The summed E-state index contributed by atoms with van der Waals surface area (Å²) in [4.78, 5) is 18.2. The van der Waals surface area contributed by atoms with Gasteiger partial charge in [0.05, 0.1) is 17.7 Å². The number of hydrogen-bond acceptors (Lipinski definition) is 3. The van der Waals surface area contributed by atoms with Crippen molar-refractivity contribution in [1.82, 2.24) is 9.88 Å². The summed E-state index contributed by atoms with van der Waals surface area (Å²) in [6, 6.07) is 3.49. The van der Waals surface area contributed by atoms with Crippen molar-refractivity contribution in [2.45, 2.75) is 44.8 Å². The van der Waals surface area contributed by atoms with Crippen molar-refractivity contribution in [3.8, 4) is 0 Å². The number of aromatic nitrogens is 1. The van der Waals surface area contributed by atoms with Crippen LogP contribution in [0.1, 0.15) is 41.7 Å². The van der Waals surface area contributed by atoms with Crippen LogP contribution in [0.2, 0.25) is 0 Å². The van der Waals surface area contributed by atoms with Crippen molar-refractivity contribution >= 4 is 5.91 Å². The zero-order valence-electron chi connectivity index (χ0n) is 11.0. The Labute approximate surface area is 108 Å². The molecule has 0 aromatic carbocycles. The lowest BCUT2D eigenvalue weighted by atomic mass is 9.91. The monoisotopic (exact) mass is 248 g/mol. The lowest BCUT2D eigenvalue weighted by Crippen LogP contribution is -2.46. The van der Waals surface area contributed by atoms with Gasteiger partial charge in [-0.1, -0.05) is 12.8 Å². The van der Waals surface area contributed by atoms with Crippen molar-refractivity contribution in [2.24, 2.45) is 0 Å². The van der Waals surface area contributed by atoms with Crippen LogP contribution in [-0.2, 0) is 0 Å². The molecule has 1 aromatic rings. The van der Waals surface area contributed by atoms with E-state index in [-0.39, 0.29) is 11.9 Å². The Hall–Kier alpha value is -1.42. The van der Waals surface area contributed by atoms with Crippen LogP contribution < -0.4 is 0 Å². The zero-order valence-corrected chi connectivity index (χ0v) is 11.0. The minimum atomic E-state index is -0.398. The molecule has 1 saturated carbocycles. The molecule has 0 aliphatic heterocycles. The summed E-state index contributed by atoms with van der Waals surface area (Å²) in [5.74, 6) is -0.0495. The molecule has 0 radical (unpaired) electrons. The minimum absolute atomic E-state index is 0.0495. The van der Waals surface area contributed by atoms with E-state index >= 15 is 0 Å². The van der Waals surface area contributed by atoms with Gasteiger partial charge in [0.15, 0.2) is 0 Å². The third-order valence-electron chi connectivity index (χ3n) is 3.75. The van der Waals surface area contributed by atoms with Crippen LogP contribution >= 0.6 is 0 Å². The Morgan fingerprint density at radius 1 is 1.44 bits per heavy atom. The van der Waals surface area contributed by atoms with Crippen LogP contribution in [-0.4, -0.2) is 40.1 Å². The van der Waals surface area contributed by atoms with Gasteiger partial charge in [-0.2, -0.15) is 0 Å². The number of carbonyl (C=O) groups is 1. The summed E-state index contributed by atoms with van der Waals surface area (Å²) in [5.41, 5.74) is 1.36. The molecule has 1 aliphatic carbocycles. The highest BCUT2D eigenvalue weighted by Gasteiger charge is 2.30. The molecule has 4 nitrogen and oxygen atoms in total. The fourth-order valence-corrected chi connectivity index (χ4v) is 2.59. The van der Waals surface area contributed by atoms with E-state index in [1.165, 1.54) is 0 Å². The van der Waals surface area contributed by atoms with Crippen LogP contribution in [0.3, 0.4) is 0 Å². The molecule has 4 heteroatoms. The molecule has 18 heavy (non-hydrogen) atoms. The zero-order chi connectivity index (χ0) is 13.1. The third kappa shape index (κ3) is 2.53. The SMILES string of the molecule is Cc1ncccc1C(=O)N(C)C1CCCCC1O. The molecule has 0 spiro atoms. The first-order chi connectivity index (χ1) is 8.61. The smallest absolute Gasteiger partial charge is 0.255 e. The number of aliphatic hydroxyl groups is 1. The molecule has 2 atom stereocenters. The Morgan fingerprint density at radius 3 is 2.83 bits per heavy atom. The number of aliphatic hydroxyl groups excluding tert-OH is 1. The molecule has 1 fully saturated rings. The maximum atomic E-state index is 12.4. The van der Waals surface area contributed by atoms with Gasteiger partial charge in [0.1, 0.15) is 0 Å². The average Bonchev–Trinajstić information content (AvgIpc) is 2.38. The van der Waals surface area contributed by atoms with Gasteiger partial charge in [-0.3, -0.25) is 9.78 Å². The first-order valence-electron chi connectivity index (χ1n) is 6.48. The molecule has 1 aliphatic rings. The molecule has 1 N–H and O–H groups in total. The van der Waals surface area contributed by atoms with E-state index in [9.17, 15) is 9.90 Å². The highest BCUT2D eigenvalue weighted by atomic mass is 16.3. The quantitative estimate of drug-likeness (QED) is 0.867. The first kappa shape index (κ1) is 13.0. The van der Waals surface area contributed by atoms with Crippen LogP contribution in [0.5, 0.6) is 0 Å². The molecule has 0 saturated heterocycles. The second kappa shape index (κ2) is 5.48. The highest BCUT2D eigenvalue weighted by molar-refractivity contribution is 5.95. The Morgan fingerprint density at radius 2 is 2.17 bits per heavy atom. The first-order valence-corrected chi connectivity index (χ1v) is 6.48. The Kier molecular flexibility index (Phi) is 3.97. The number of pyridine rings is 1. The molecular formula is C14H20N2O2. The highest BCUT2D eigenvalue weighted by Crippen LogP contribution is 2.23. The van der Waals surface area contributed by atoms with Crippen molar-refractivity contribution in [2.75, 3.05) is 7.05 Å². The molecular weight excluding hydrogens is 228 g/mol. The van der Waals surface area contributed by atoms with E-state index in [0.717, 1.165) is 31.4 Å². The van der Waals surface area contributed by atoms with Gasteiger partial charge in [0.2, 0.25) is 0 Å². The number of hydrogen-bond donors (Lipinski definition) is 1. The fraction of sp³-hybridized carbons (Fsp3) is 0.571. The number of rotatable bonds is 2. The fourth-order valence-electron chi connectivity index (χ4n) is 2.59. The molecule has 2 rings (SSSR count). The molecule has 1 heterocycles. The molecule has 0 bridgehead atoms. The second-order valence-corrected chi connectivity index (χ2v) is 4.97.